The number of sulfone groups is 1. The standard InChI is InChI=1S/C13H17NO3S/c15-11-6-1-2-7-12(11)18(16,17)13-8-9-4-3-5-10(13)14-9/h1-2,6-7,9-10,13-15H,3-5,8H2. The Hall–Kier alpha value is -1.07. The average molecular weight is 267 g/mol. The van der Waals surface area contributed by atoms with Crippen molar-refractivity contribution in [1.29, 1.82) is 0 Å². The van der Waals surface area contributed by atoms with Crippen molar-refractivity contribution in [3.63, 3.8) is 0 Å². The van der Waals surface area contributed by atoms with Gasteiger partial charge in [0, 0.05) is 12.1 Å². The molecular weight excluding hydrogens is 250 g/mol. The van der Waals surface area contributed by atoms with Crippen molar-refractivity contribution >= 4 is 9.84 Å². The van der Waals surface area contributed by atoms with Gasteiger partial charge in [0.25, 0.3) is 0 Å². The lowest BCUT2D eigenvalue weighted by Gasteiger charge is -2.22. The number of phenols is 1. The molecule has 2 saturated heterocycles. The number of hydrogen-bond acceptors (Lipinski definition) is 4. The first-order valence-corrected chi connectivity index (χ1v) is 7.91. The Morgan fingerprint density at radius 3 is 2.72 bits per heavy atom. The molecule has 5 heteroatoms. The molecule has 1 aromatic carbocycles. The molecule has 2 aliphatic heterocycles. The highest BCUT2D eigenvalue weighted by atomic mass is 32.2. The lowest BCUT2D eigenvalue weighted by molar-refractivity contribution is 0.405. The number of piperidine rings is 1. The van der Waals surface area contributed by atoms with E-state index in [1.807, 2.05) is 0 Å². The second-order valence-electron chi connectivity index (χ2n) is 5.19. The van der Waals surface area contributed by atoms with Crippen molar-refractivity contribution in [3.8, 4) is 5.75 Å². The van der Waals surface area contributed by atoms with E-state index in [4.69, 9.17) is 0 Å². The van der Waals surface area contributed by atoms with Crippen LogP contribution in [0.1, 0.15) is 25.7 Å². The first-order valence-electron chi connectivity index (χ1n) is 6.37. The highest BCUT2D eigenvalue weighted by Crippen LogP contribution is 2.36. The van der Waals surface area contributed by atoms with Crippen LogP contribution in [-0.4, -0.2) is 30.9 Å². The van der Waals surface area contributed by atoms with Crippen LogP contribution in [0, 0.1) is 0 Å². The van der Waals surface area contributed by atoms with Gasteiger partial charge < -0.3 is 10.4 Å². The summed E-state index contributed by atoms with van der Waals surface area (Å²) in [5.74, 6) is -0.140. The second kappa shape index (κ2) is 4.24. The molecule has 1 aromatic rings. The average Bonchev–Trinajstić information content (AvgIpc) is 2.65. The summed E-state index contributed by atoms with van der Waals surface area (Å²) >= 11 is 0. The van der Waals surface area contributed by atoms with Crippen molar-refractivity contribution in [2.24, 2.45) is 0 Å². The molecule has 18 heavy (non-hydrogen) atoms. The lowest BCUT2D eigenvalue weighted by Crippen LogP contribution is -2.39. The van der Waals surface area contributed by atoms with Crippen molar-refractivity contribution in [3.05, 3.63) is 24.3 Å². The van der Waals surface area contributed by atoms with E-state index in [2.05, 4.69) is 5.32 Å². The third-order valence-electron chi connectivity index (χ3n) is 4.05. The van der Waals surface area contributed by atoms with Crippen LogP contribution in [0.4, 0.5) is 0 Å². The maximum Gasteiger partial charge on any atom is 0.186 e. The molecule has 0 saturated carbocycles. The van der Waals surface area contributed by atoms with Gasteiger partial charge in [0.15, 0.2) is 9.84 Å². The van der Waals surface area contributed by atoms with Crippen LogP contribution in [-0.2, 0) is 9.84 Å². The summed E-state index contributed by atoms with van der Waals surface area (Å²) in [5.41, 5.74) is 0. The Bertz CT molecular complexity index is 555. The first kappa shape index (κ1) is 12.0. The van der Waals surface area contributed by atoms with Gasteiger partial charge in [0.1, 0.15) is 10.6 Å². The summed E-state index contributed by atoms with van der Waals surface area (Å²) in [6.45, 7) is 0. The Balaban J connectivity index is 1.98. The predicted octanol–water partition coefficient (Wildman–Crippen LogP) is 1.45. The number of para-hydroxylation sites is 1. The van der Waals surface area contributed by atoms with Gasteiger partial charge in [0.05, 0.1) is 5.25 Å². The fourth-order valence-electron chi connectivity index (χ4n) is 3.18. The van der Waals surface area contributed by atoms with E-state index in [0.29, 0.717) is 12.5 Å². The van der Waals surface area contributed by atoms with Crippen molar-refractivity contribution in [1.82, 2.24) is 5.32 Å². The summed E-state index contributed by atoms with van der Waals surface area (Å²) in [4.78, 5) is 0.0735. The number of hydrogen-bond donors (Lipinski definition) is 2. The van der Waals surface area contributed by atoms with Crippen LogP contribution in [0.15, 0.2) is 29.2 Å². The zero-order valence-electron chi connectivity index (χ0n) is 10.0. The molecule has 2 N–H and O–H groups in total. The molecule has 2 aliphatic rings. The molecule has 2 fully saturated rings. The van der Waals surface area contributed by atoms with Gasteiger partial charge in [-0.15, -0.1) is 0 Å². The molecule has 0 radical (unpaired) electrons. The summed E-state index contributed by atoms with van der Waals surface area (Å²) < 4.78 is 25.2. The summed E-state index contributed by atoms with van der Waals surface area (Å²) in [6, 6.07) is 6.59. The Morgan fingerprint density at radius 1 is 1.22 bits per heavy atom. The summed E-state index contributed by atoms with van der Waals surface area (Å²) in [5, 5.41) is 12.7. The monoisotopic (exact) mass is 267 g/mol. The van der Waals surface area contributed by atoms with Crippen molar-refractivity contribution < 1.29 is 13.5 Å². The largest absolute Gasteiger partial charge is 0.507 e. The molecule has 3 atom stereocenters. The third-order valence-corrected chi connectivity index (χ3v) is 6.33. The molecule has 0 amide bonds. The van der Waals surface area contributed by atoms with Gasteiger partial charge in [-0.2, -0.15) is 0 Å². The summed E-state index contributed by atoms with van der Waals surface area (Å²) in [7, 11) is -3.44. The molecule has 0 aromatic heterocycles. The lowest BCUT2D eigenvalue weighted by atomic mass is 10.1. The first-order chi connectivity index (χ1) is 8.59. The molecule has 4 nitrogen and oxygen atoms in total. The quantitative estimate of drug-likeness (QED) is 0.851. The smallest absolute Gasteiger partial charge is 0.186 e. The fourth-order valence-corrected chi connectivity index (χ4v) is 5.27. The van der Waals surface area contributed by atoms with Crippen molar-refractivity contribution in [2.75, 3.05) is 0 Å². The zero-order valence-corrected chi connectivity index (χ0v) is 10.9. The molecule has 2 heterocycles. The van der Waals surface area contributed by atoms with Crippen LogP contribution in [0.25, 0.3) is 0 Å². The van der Waals surface area contributed by atoms with E-state index in [1.54, 1.807) is 12.1 Å². The molecule has 3 rings (SSSR count). The topological polar surface area (TPSA) is 66.4 Å². The molecule has 2 bridgehead atoms. The number of nitrogens with one attached hydrogen (secondary N) is 1. The molecule has 3 unspecified atom stereocenters. The van der Waals surface area contributed by atoms with Crippen molar-refractivity contribution in [2.45, 2.75) is 47.9 Å². The van der Waals surface area contributed by atoms with E-state index in [0.717, 1.165) is 19.3 Å². The van der Waals surface area contributed by atoms with Crippen LogP contribution >= 0.6 is 0 Å². The Morgan fingerprint density at radius 2 is 2.00 bits per heavy atom. The van der Waals surface area contributed by atoms with Crippen LogP contribution in [0.3, 0.4) is 0 Å². The molecular formula is C13H17NO3S. The van der Waals surface area contributed by atoms with Gasteiger partial charge in [-0.05, 0) is 31.4 Å². The Labute approximate surface area is 107 Å². The van der Waals surface area contributed by atoms with Gasteiger partial charge in [-0.3, -0.25) is 0 Å². The molecule has 0 aliphatic carbocycles. The molecule has 0 spiro atoms. The highest BCUT2D eigenvalue weighted by Gasteiger charge is 2.44. The highest BCUT2D eigenvalue weighted by molar-refractivity contribution is 7.92. The minimum Gasteiger partial charge on any atom is -0.507 e. The van der Waals surface area contributed by atoms with E-state index < -0.39 is 15.1 Å². The van der Waals surface area contributed by atoms with Gasteiger partial charge in [-0.25, -0.2) is 8.42 Å². The third kappa shape index (κ3) is 1.82. The maximum absolute atomic E-state index is 12.6. The predicted molar refractivity (Wildman–Crippen MR) is 68.3 cm³/mol. The normalized spacial score (nSPS) is 31.4. The number of fused-ring (bicyclic) bond motifs is 2. The van der Waals surface area contributed by atoms with E-state index in [9.17, 15) is 13.5 Å². The number of phenolic OH excluding ortho intramolecular Hbond substituents is 1. The van der Waals surface area contributed by atoms with E-state index in [1.165, 1.54) is 12.1 Å². The van der Waals surface area contributed by atoms with Gasteiger partial charge in [0.2, 0.25) is 0 Å². The minimum absolute atomic E-state index is 0.0494. The minimum atomic E-state index is -3.44. The van der Waals surface area contributed by atoms with E-state index >= 15 is 0 Å². The Kier molecular flexibility index (Phi) is 2.83. The van der Waals surface area contributed by atoms with Crippen LogP contribution < -0.4 is 5.32 Å². The summed E-state index contributed by atoms with van der Waals surface area (Å²) in [6.07, 6.45) is 3.73. The van der Waals surface area contributed by atoms with Gasteiger partial charge in [-0.1, -0.05) is 18.6 Å². The van der Waals surface area contributed by atoms with Gasteiger partial charge >= 0.3 is 0 Å². The van der Waals surface area contributed by atoms with E-state index in [-0.39, 0.29) is 16.7 Å². The second-order valence-corrected chi connectivity index (χ2v) is 7.32. The van der Waals surface area contributed by atoms with Crippen LogP contribution in [0.5, 0.6) is 5.75 Å². The fraction of sp³-hybridized carbons (Fsp3) is 0.538. The molecule has 98 valence electrons. The number of aromatic hydroxyl groups is 1. The zero-order chi connectivity index (χ0) is 12.8. The van der Waals surface area contributed by atoms with Crippen LogP contribution in [0.2, 0.25) is 0 Å². The number of rotatable bonds is 2. The number of benzene rings is 1. The maximum atomic E-state index is 12.6. The SMILES string of the molecule is O=S(=O)(c1ccccc1O)C1CC2CCCC1N2.